The lowest BCUT2D eigenvalue weighted by atomic mass is 10.1. The molecule has 110 valence electrons. The zero-order valence-electron chi connectivity index (χ0n) is 12.4. The fraction of sp³-hybridized carbons (Fsp3) is 0.235. The predicted molar refractivity (Wildman–Crippen MR) is 81.0 cm³/mol. The van der Waals surface area contributed by atoms with Gasteiger partial charge in [0.15, 0.2) is 0 Å². The maximum Gasteiger partial charge on any atom is 0.340 e. The van der Waals surface area contributed by atoms with Crippen molar-refractivity contribution in [1.82, 2.24) is 0 Å². The van der Waals surface area contributed by atoms with Crippen LogP contribution in [0.3, 0.4) is 0 Å². The van der Waals surface area contributed by atoms with Crippen molar-refractivity contribution in [3.05, 3.63) is 64.5 Å². The fourth-order valence-electron chi connectivity index (χ4n) is 2.32. The fourth-order valence-corrected chi connectivity index (χ4v) is 2.32. The van der Waals surface area contributed by atoms with Gasteiger partial charge in [0.05, 0.1) is 12.7 Å². The highest BCUT2D eigenvalue weighted by Gasteiger charge is 2.12. The highest BCUT2D eigenvalue weighted by molar-refractivity contribution is 5.95. The molecule has 0 radical (unpaired) electrons. The molecule has 0 saturated heterocycles. The maximum absolute atomic E-state index is 13.3. The van der Waals surface area contributed by atoms with E-state index in [-0.39, 0.29) is 5.56 Å². The first-order valence-corrected chi connectivity index (χ1v) is 6.68. The SMILES string of the molecule is COC(=O)c1cc(F)ccc1NCc1cc(C)cc(C)c1. The van der Waals surface area contributed by atoms with Gasteiger partial charge < -0.3 is 10.1 Å². The van der Waals surface area contributed by atoms with Crippen LogP contribution in [-0.2, 0) is 11.3 Å². The van der Waals surface area contributed by atoms with Gasteiger partial charge in [0, 0.05) is 12.2 Å². The first kappa shape index (κ1) is 15.0. The van der Waals surface area contributed by atoms with Gasteiger partial charge in [-0.05, 0) is 37.6 Å². The smallest absolute Gasteiger partial charge is 0.340 e. The molecule has 1 N–H and O–H groups in total. The van der Waals surface area contributed by atoms with Crippen LogP contribution < -0.4 is 5.32 Å². The Kier molecular flexibility index (Phi) is 4.58. The molecule has 0 saturated carbocycles. The average Bonchev–Trinajstić information content (AvgIpc) is 2.44. The molecule has 0 atom stereocenters. The largest absolute Gasteiger partial charge is 0.465 e. The van der Waals surface area contributed by atoms with Crippen LogP contribution in [0.5, 0.6) is 0 Å². The molecule has 0 unspecified atom stereocenters. The van der Waals surface area contributed by atoms with E-state index in [1.807, 2.05) is 13.8 Å². The number of aryl methyl sites for hydroxylation is 2. The van der Waals surface area contributed by atoms with Crippen LogP contribution >= 0.6 is 0 Å². The van der Waals surface area contributed by atoms with Crippen molar-refractivity contribution in [3.8, 4) is 0 Å². The summed E-state index contributed by atoms with van der Waals surface area (Å²) in [6, 6.07) is 10.3. The van der Waals surface area contributed by atoms with E-state index in [9.17, 15) is 9.18 Å². The number of benzene rings is 2. The summed E-state index contributed by atoms with van der Waals surface area (Å²) < 4.78 is 18.0. The van der Waals surface area contributed by atoms with Crippen molar-refractivity contribution >= 4 is 11.7 Å². The first-order chi connectivity index (χ1) is 9.99. The number of halogens is 1. The van der Waals surface area contributed by atoms with Crippen molar-refractivity contribution in [3.63, 3.8) is 0 Å². The summed E-state index contributed by atoms with van der Waals surface area (Å²) in [4.78, 5) is 11.7. The van der Waals surface area contributed by atoms with Crippen LogP contribution in [0.15, 0.2) is 36.4 Å². The molecule has 0 spiro atoms. The van der Waals surface area contributed by atoms with Crippen molar-refractivity contribution in [2.75, 3.05) is 12.4 Å². The quantitative estimate of drug-likeness (QED) is 0.868. The molecule has 0 aromatic heterocycles. The minimum Gasteiger partial charge on any atom is -0.465 e. The number of anilines is 1. The molecular weight excluding hydrogens is 269 g/mol. The third kappa shape index (κ3) is 3.81. The van der Waals surface area contributed by atoms with E-state index in [1.165, 1.54) is 30.4 Å². The number of methoxy groups -OCH3 is 1. The van der Waals surface area contributed by atoms with Crippen molar-refractivity contribution in [2.45, 2.75) is 20.4 Å². The van der Waals surface area contributed by atoms with E-state index >= 15 is 0 Å². The third-order valence-electron chi connectivity index (χ3n) is 3.15. The van der Waals surface area contributed by atoms with Gasteiger partial charge >= 0.3 is 5.97 Å². The molecule has 0 aliphatic heterocycles. The molecule has 4 heteroatoms. The van der Waals surface area contributed by atoms with Crippen molar-refractivity contribution < 1.29 is 13.9 Å². The second-order valence-electron chi connectivity index (χ2n) is 5.03. The lowest BCUT2D eigenvalue weighted by Gasteiger charge is -2.12. The summed E-state index contributed by atoms with van der Waals surface area (Å²) in [5.41, 5.74) is 4.22. The average molecular weight is 287 g/mol. The summed E-state index contributed by atoms with van der Waals surface area (Å²) in [7, 11) is 1.28. The molecule has 0 aliphatic carbocycles. The molecule has 0 fully saturated rings. The van der Waals surface area contributed by atoms with Gasteiger partial charge in [-0.25, -0.2) is 9.18 Å². The van der Waals surface area contributed by atoms with E-state index in [0.29, 0.717) is 12.2 Å². The summed E-state index contributed by atoms with van der Waals surface area (Å²) in [6.45, 7) is 4.63. The molecular formula is C17H18FNO2. The Labute approximate surface area is 123 Å². The number of carbonyl (C=O) groups excluding carboxylic acids is 1. The second-order valence-corrected chi connectivity index (χ2v) is 5.03. The van der Waals surface area contributed by atoms with Crippen molar-refractivity contribution in [1.29, 1.82) is 0 Å². The van der Waals surface area contributed by atoms with Gasteiger partial charge in [-0.1, -0.05) is 29.3 Å². The van der Waals surface area contributed by atoms with Crippen LogP contribution in [0.25, 0.3) is 0 Å². The third-order valence-corrected chi connectivity index (χ3v) is 3.15. The van der Waals surface area contributed by atoms with Crippen LogP contribution in [0.4, 0.5) is 10.1 Å². The summed E-state index contributed by atoms with van der Waals surface area (Å²) >= 11 is 0. The van der Waals surface area contributed by atoms with Gasteiger partial charge in [0.2, 0.25) is 0 Å². The molecule has 3 nitrogen and oxygen atoms in total. The number of hydrogen-bond acceptors (Lipinski definition) is 3. The van der Waals surface area contributed by atoms with Gasteiger partial charge in [0.25, 0.3) is 0 Å². The monoisotopic (exact) mass is 287 g/mol. The molecule has 2 aromatic carbocycles. The summed E-state index contributed by atoms with van der Waals surface area (Å²) in [5, 5.41) is 3.16. The Balaban J connectivity index is 2.21. The minimum atomic E-state index is -0.558. The van der Waals surface area contributed by atoms with Gasteiger partial charge in [-0.15, -0.1) is 0 Å². The highest BCUT2D eigenvalue weighted by Crippen LogP contribution is 2.19. The Morgan fingerprint density at radius 2 is 1.81 bits per heavy atom. The predicted octanol–water partition coefficient (Wildman–Crippen LogP) is 3.84. The molecule has 2 aromatic rings. The van der Waals surface area contributed by atoms with E-state index in [2.05, 4.69) is 28.3 Å². The lowest BCUT2D eigenvalue weighted by molar-refractivity contribution is 0.0601. The number of esters is 1. The van der Waals surface area contributed by atoms with E-state index < -0.39 is 11.8 Å². The number of hydrogen-bond donors (Lipinski definition) is 1. The standard InChI is InChI=1S/C17H18FNO2/c1-11-6-12(2)8-13(7-11)10-19-16-5-4-14(18)9-15(16)17(20)21-3/h4-9,19H,10H2,1-3H3. The molecule has 0 aliphatic rings. The molecule has 0 amide bonds. The molecule has 0 heterocycles. The Morgan fingerprint density at radius 1 is 1.14 bits per heavy atom. The van der Waals surface area contributed by atoms with Crippen molar-refractivity contribution in [2.24, 2.45) is 0 Å². The van der Waals surface area contributed by atoms with Gasteiger partial charge in [-0.3, -0.25) is 0 Å². The Bertz CT molecular complexity index is 648. The highest BCUT2D eigenvalue weighted by atomic mass is 19.1. The summed E-state index contributed by atoms with van der Waals surface area (Å²) in [5.74, 6) is -1.02. The number of carbonyl (C=O) groups is 1. The molecule has 21 heavy (non-hydrogen) atoms. The van der Waals surface area contributed by atoms with E-state index in [1.54, 1.807) is 6.07 Å². The normalized spacial score (nSPS) is 10.3. The molecule has 0 bridgehead atoms. The zero-order chi connectivity index (χ0) is 15.4. The minimum absolute atomic E-state index is 0.196. The second kappa shape index (κ2) is 6.39. The van der Waals surface area contributed by atoms with E-state index in [0.717, 1.165) is 5.56 Å². The molecule has 2 rings (SSSR count). The Morgan fingerprint density at radius 3 is 2.43 bits per heavy atom. The van der Waals surface area contributed by atoms with Crippen LogP contribution in [0.1, 0.15) is 27.0 Å². The Hall–Kier alpha value is -2.36. The van der Waals surface area contributed by atoms with Crippen LogP contribution in [0, 0.1) is 19.7 Å². The van der Waals surface area contributed by atoms with Gasteiger partial charge in [0.1, 0.15) is 5.82 Å². The van der Waals surface area contributed by atoms with Crippen LogP contribution in [-0.4, -0.2) is 13.1 Å². The van der Waals surface area contributed by atoms with E-state index in [4.69, 9.17) is 0 Å². The number of rotatable bonds is 4. The summed E-state index contributed by atoms with van der Waals surface area (Å²) in [6.07, 6.45) is 0. The first-order valence-electron chi connectivity index (χ1n) is 6.68. The maximum atomic E-state index is 13.3. The van der Waals surface area contributed by atoms with Gasteiger partial charge in [-0.2, -0.15) is 0 Å². The number of ether oxygens (including phenoxy) is 1. The number of nitrogens with one attached hydrogen (secondary N) is 1. The van der Waals surface area contributed by atoms with Crippen LogP contribution in [0.2, 0.25) is 0 Å². The zero-order valence-corrected chi connectivity index (χ0v) is 12.4. The lowest BCUT2D eigenvalue weighted by Crippen LogP contribution is -2.09. The topological polar surface area (TPSA) is 38.3 Å².